The first-order valence-corrected chi connectivity index (χ1v) is 7.88. The molecule has 1 N–H and O–H groups in total. The van der Waals surface area contributed by atoms with Crippen molar-refractivity contribution in [2.24, 2.45) is 0 Å². The van der Waals surface area contributed by atoms with Gasteiger partial charge >= 0.3 is 0 Å². The second-order valence-electron chi connectivity index (χ2n) is 5.66. The molecule has 0 unspecified atom stereocenters. The molecule has 0 saturated carbocycles. The Morgan fingerprint density at radius 3 is 2.70 bits per heavy atom. The Balaban J connectivity index is 1.76. The highest BCUT2D eigenvalue weighted by Crippen LogP contribution is 2.25. The van der Waals surface area contributed by atoms with Crippen LogP contribution in [0.5, 0.6) is 5.75 Å². The molecule has 4 nitrogen and oxygen atoms in total. The van der Waals surface area contributed by atoms with Crippen LogP contribution in [0.15, 0.2) is 42.5 Å². The van der Waals surface area contributed by atoms with Crippen molar-refractivity contribution >= 4 is 17.5 Å². The molecule has 23 heavy (non-hydrogen) atoms. The van der Waals surface area contributed by atoms with Gasteiger partial charge in [0.1, 0.15) is 11.9 Å². The van der Waals surface area contributed by atoms with E-state index in [1.165, 1.54) is 6.07 Å². The van der Waals surface area contributed by atoms with Crippen molar-refractivity contribution in [2.75, 3.05) is 19.7 Å². The average molecular weight is 332 g/mol. The molecule has 0 bridgehead atoms. The smallest absolute Gasteiger partial charge is 0.254 e. The van der Waals surface area contributed by atoms with Gasteiger partial charge in [-0.1, -0.05) is 29.8 Å². The third kappa shape index (κ3) is 3.49. The summed E-state index contributed by atoms with van der Waals surface area (Å²) in [5.41, 5.74) is 2.24. The molecular weight excluding hydrogens is 314 g/mol. The molecular formula is C18H18ClNO3. The average Bonchev–Trinajstić information content (AvgIpc) is 2.57. The lowest BCUT2D eigenvalue weighted by Gasteiger charge is -2.33. The second-order valence-corrected chi connectivity index (χ2v) is 6.10. The standard InChI is InChI=1S/C18H18ClNO3/c1-12-2-3-14(10-16(12)21)18(22)20-8-9-23-17(11-20)13-4-6-15(19)7-5-13/h2-7,10,17,21H,8-9,11H2,1H3/t17-/m0/s1. The topological polar surface area (TPSA) is 49.8 Å². The monoisotopic (exact) mass is 331 g/mol. The molecule has 0 aliphatic carbocycles. The first-order chi connectivity index (χ1) is 11.0. The van der Waals surface area contributed by atoms with Crippen LogP contribution < -0.4 is 0 Å². The van der Waals surface area contributed by atoms with Gasteiger partial charge < -0.3 is 14.7 Å². The molecule has 3 rings (SSSR count). The molecule has 1 fully saturated rings. The predicted octanol–water partition coefficient (Wildman–Crippen LogP) is 3.57. The van der Waals surface area contributed by atoms with Gasteiger partial charge in [0.25, 0.3) is 5.91 Å². The number of phenolic OH excluding ortho intramolecular Hbond substituents is 1. The van der Waals surface area contributed by atoms with Crippen LogP contribution in [0.1, 0.15) is 27.6 Å². The van der Waals surface area contributed by atoms with E-state index in [2.05, 4.69) is 0 Å². The summed E-state index contributed by atoms with van der Waals surface area (Å²) in [7, 11) is 0. The van der Waals surface area contributed by atoms with E-state index in [-0.39, 0.29) is 17.8 Å². The molecule has 2 aromatic carbocycles. The minimum atomic E-state index is -0.163. The first-order valence-electron chi connectivity index (χ1n) is 7.50. The molecule has 1 amide bonds. The zero-order valence-electron chi connectivity index (χ0n) is 12.8. The predicted molar refractivity (Wildman–Crippen MR) is 88.9 cm³/mol. The summed E-state index contributed by atoms with van der Waals surface area (Å²) < 4.78 is 5.78. The lowest BCUT2D eigenvalue weighted by atomic mass is 10.1. The number of phenols is 1. The van der Waals surface area contributed by atoms with Gasteiger partial charge in [0.2, 0.25) is 0 Å². The lowest BCUT2D eigenvalue weighted by Crippen LogP contribution is -2.42. The number of aryl methyl sites for hydroxylation is 1. The molecule has 0 radical (unpaired) electrons. The lowest BCUT2D eigenvalue weighted by molar-refractivity contribution is -0.0228. The van der Waals surface area contributed by atoms with Crippen LogP contribution >= 0.6 is 11.6 Å². The van der Waals surface area contributed by atoms with Crippen molar-refractivity contribution in [3.63, 3.8) is 0 Å². The molecule has 1 aliphatic heterocycles. The quantitative estimate of drug-likeness (QED) is 0.915. The van der Waals surface area contributed by atoms with Crippen molar-refractivity contribution in [3.05, 3.63) is 64.2 Å². The number of hydrogen-bond acceptors (Lipinski definition) is 3. The summed E-state index contributed by atoms with van der Waals surface area (Å²) in [6, 6.07) is 12.5. The number of rotatable bonds is 2. The van der Waals surface area contributed by atoms with Gasteiger partial charge in [-0.2, -0.15) is 0 Å². The Bertz CT molecular complexity index is 715. The van der Waals surface area contributed by atoms with Crippen molar-refractivity contribution in [3.8, 4) is 5.75 Å². The number of carbonyl (C=O) groups is 1. The number of halogens is 1. The second kappa shape index (κ2) is 6.60. The van der Waals surface area contributed by atoms with E-state index >= 15 is 0 Å². The summed E-state index contributed by atoms with van der Waals surface area (Å²) in [5.74, 6) is 0.0425. The van der Waals surface area contributed by atoms with Gasteiger partial charge in [0.05, 0.1) is 13.2 Å². The Morgan fingerprint density at radius 2 is 2.00 bits per heavy atom. The molecule has 1 heterocycles. The van der Waals surface area contributed by atoms with Crippen LogP contribution in [0, 0.1) is 6.92 Å². The minimum Gasteiger partial charge on any atom is -0.508 e. The Morgan fingerprint density at radius 1 is 1.26 bits per heavy atom. The highest BCUT2D eigenvalue weighted by Gasteiger charge is 2.26. The Hall–Kier alpha value is -2.04. The SMILES string of the molecule is Cc1ccc(C(=O)N2CCO[C@H](c3ccc(Cl)cc3)C2)cc1O. The van der Waals surface area contributed by atoms with Gasteiger partial charge in [-0.05, 0) is 42.3 Å². The molecule has 1 atom stereocenters. The van der Waals surface area contributed by atoms with Gasteiger partial charge in [-0.25, -0.2) is 0 Å². The van der Waals surface area contributed by atoms with E-state index in [0.717, 1.165) is 11.1 Å². The summed E-state index contributed by atoms with van der Waals surface area (Å²) >= 11 is 5.91. The maximum atomic E-state index is 12.6. The fourth-order valence-corrected chi connectivity index (χ4v) is 2.76. The zero-order chi connectivity index (χ0) is 16.4. The van der Waals surface area contributed by atoms with Gasteiger partial charge in [0.15, 0.2) is 0 Å². The number of benzene rings is 2. The number of ether oxygens (including phenoxy) is 1. The normalized spacial score (nSPS) is 18.0. The van der Waals surface area contributed by atoms with E-state index < -0.39 is 0 Å². The van der Waals surface area contributed by atoms with Crippen molar-refractivity contribution in [2.45, 2.75) is 13.0 Å². The fourth-order valence-electron chi connectivity index (χ4n) is 2.64. The van der Waals surface area contributed by atoms with E-state index in [0.29, 0.717) is 30.3 Å². The Labute approximate surface area is 140 Å². The largest absolute Gasteiger partial charge is 0.508 e. The zero-order valence-corrected chi connectivity index (χ0v) is 13.6. The number of morpholine rings is 1. The summed E-state index contributed by atoms with van der Waals surface area (Å²) in [6.07, 6.45) is -0.163. The van der Waals surface area contributed by atoms with Crippen LogP contribution in [0.2, 0.25) is 5.02 Å². The van der Waals surface area contributed by atoms with Crippen LogP contribution in [0.4, 0.5) is 0 Å². The van der Waals surface area contributed by atoms with Crippen LogP contribution in [-0.2, 0) is 4.74 Å². The fraction of sp³-hybridized carbons (Fsp3) is 0.278. The van der Waals surface area contributed by atoms with E-state index in [4.69, 9.17) is 16.3 Å². The summed E-state index contributed by atoms with van der Waals surface area (Å²) in [6.45, 7) is 3.30. The van der Waals surface area contributed by atoms with E-state index in [9.17, 15) is 9.90 Å². The van der Waals surface area contributed by atoms with Gasteiger partial charge in [-0.15, -0.1) is 0 Å². The molecule has 1 aliphatic rings. The molecule has 120 valence electrons. The van der Waals surface area contributed by atoms with Crippen molar-refractivity contribution in [1.29, 1.82) is 0 Å². The van der Waals surface area contributed by atoms with Crippen LogP contribution in [-0.4, -0.2) is 35.6 Å². The summed E-state index contributed by atoms with van der Waals surface area (Å²) in [4.78, 5) is 14.4. The summed E-state index contributed by atoms with van der Waals surface area (Å²) in [5, 5.41) is 10.5. The number of amides is 1. The molecule has 0 aromatic heterocycles. The molecule has 1 saturated heterocycles. The van der Waals surface area contributed by atoms with E-state index in [1.807, 2.05) is 24.3 Å². The maximum absolute atomic E-state index is 12.6. The maximum Gasteiger partial charge on any atom is 0.254 e. The van der Waals surface area contributed by atoms with Crippen molar-refractivity contribution < 1.29 is 14.6 Å². The van der Waals surface area contributed by atoms with E-state index in [1.54, 1.807) is 24.0 Å². The highest BCUT2D eigenvalue weighted by atomic mass is 35.5. The number of nitrogens with zero attached hydrogens (tertiary/aromatic N) is 1. The van der Waals surface area contributed by atoms with Crippen LogP contribution in [0.3, 0.4) is 0 Å². The number of aromatic hydroxyl groups is 1. The highest BCUT2D eigenvalue weighted by molar-refractivity contribution is 6.30. The third-order valence-electron chi connectivity index (χ3n) is 4.05. The molecule has 0 spiro atoms. The third-order valence-corrected chi connectivity index (χ3v) is 4.30. The number of hydrogen-bond donors (Lipinski definition) is 1. The Kier molecular flexibility index (Phi) is 4.55. The van der Waals surface area contributed by atoms with Crippen molar-refractivity contribution in [1.82, 2.24) is 4.90 Å². The molecule has 5 heteroatoms. The van der Waals surface area contributed by atoms with Crippen LogP contribution in [0.25, 0.3) is 0 Å². The minimum absolute atomic E-state index is 0.0948. The van der Waals surface area contributed by atoms with Gasteiger partial charge in [0, 0.05) is 17.1 Å². The first kappa shape index (κ1) is 15.8. The molecule has 2 aromatic rings. The number of carbonyl (C=O) groups excluding carboxylic acids is 1. The van der Waals surface area contributed by atoms with Gasteiger partial charge in [-0.3, -0.25) is 4.79 Å².